The highest BCUT2D eigenvalue weighted by molar-refractivity contribution is 7.13. The van der Waals surface area contributed by atoms with Crippen molar-refractivity contribution in [2.24, 2.45) is 5.92 Å². The summed E-state index contributed by atoms with van der Waals surface area (Å²) >= 11 is 1.46. The molecule has 2 aromatic heterocycles. The highest BCUT2D eigenvalue weighted by Crippen LogP contribution is 2.48. The Morgan fingerprint density at radius 1 is 1.06 bits per heavy atom. The van der Waals surface area contributed by atoms with E-state index in [-0.39, 0.29) is 31.6 Å². The highest BCUT2D eigenvalue weighted by atomic mass is 32.1. The largest absolute Gasteiger partial charge is 0.479 e. The smallest absolute Gasteiger partial charge is 0.408 e. The van der Waals surface area contributed by atoms with Crippen LogP contribution in [0, 0.1) is 5.92 Å². The molecule has 2 saturated heterocycles. The van der Waals surface area contributed by atoms with Gasteiger partial charge in [-0.15, -0.1) is 11.3 Å². The van der Waals surface area contributed by atoms with Gasteiger partial charge in [-0.05, 0) is 57.4 Å². The number of carboxylic acid groups (broad SMARTS) is 1. The van der Waals surface area contributed by atoms with Gasteiger partial charge in [-0.1, -0.05) is 38.2 Å². The van der Waals surface area contributed by atoms with E-state index in [0.717, 1.165) is 30.6 Å². The summed E-state index contributed by atoms with van der Waals surface area (Å²) < 4.78 is 23.1. The van der Waals surface area contributed by atoms with Gasteiger partial charge in [0, 0.05) is 18.6 Å². The maximum absolute atomic E-state index is 14.4. The molecule has 0 spiro atoms. The zero-order chi connectivity index (χ0) is 35.9. The fourth-order valence-corrected chi connectivity index (χ4v) is 7.95. The number of carboxylic acids is 1. The van der Waals surface area contributed by atoms with Gasteiger partial charge in [0.25, 0.3) is 0 Å². The molecule has 51 heavy (non-hydrogen) atoms. The average Bonchev–Trinajstić information content (AvgIpc) is 3.52. The Morgan fingerprint density at radius 3 is 2.45 bits per heavy atom. The summed E-state index contributed by atoms with van der Waals surface area (Å²) in [4.78, 5) is 65.9. The average molecular weight is 722 g/mol. The van der Waals surface area contributed by atoms with Crippen LogP contribution in [-0.2, 0) is 19.1 Å². The monoisotopic (exact) mass is 721 g/mol. The van der Waals surface area contributed by atoms with E-state index in [0.29, 0.717) is 53.9 Å². The molecule has 1 aromatic carbocycles. The van der Waals surface area contributed by atoms with Crippen LogP contribution < -0.4 is 24.8 Å². The van der Waals surface area contributed by atoms with Crippen LogP contribution in [0.25, 0.3) is 21.6 Å². The van der Waals surface area contributed by atoms with Crippen LogP contribution in [0.15, 0.2) is 29.6 Å². The predicted octanol–water partition coefficient (Wildman–Crippen LogP) is 5.03. The minimum absolute atomic E-state index is 0.00233. The Balaban J connectivity index is 1.21. The molecule has 3 aliphatic heterocycles. The summed E-state index contributed by atoms with van der Waals surface area (Å²) in [7, 11) is 0. The summed E-state index contributed by atoms with van der Waals surface area (Å²) in [5.41, 5.74) is -0.569. The van der Waals surface area contributed by atoms with E-state index < -0.39 is 53.2 Å². The number of rotatable bonds is 5. The number of carbonyl (C=O) groups excluding carboxylic acids is 3. The van der Waals surface area contributed by atoms with E-state index in [2.05, 4.69) is 10.6 Å². The Bertz CT molecular complexity index is 1830. The van der Waals surface area contributed by atoms with Crippen molar-refractivity contribution in [1.29, 1.82) is 0 Å². The van der Waals surface area contributed by atoms with Gasteiger partial charge >= 0.3 is 12.1 Å². The fraction of sp³-hybridized carbons (Fsp3) is 0.556. The van der Waals surface area contributed by atoms with Crippen molar-refractivity contribution in [1.82, 2.24) is 25.5 Å². The number of benzene rings is 1. The predicted molar refractivity (Wildman–Crippen MR) is 186 cm³/mol. The van der Waals surface area contributed by atoms with Crippen LogP contribution in [0.3, 0.4) is 0 Å². The van der Waals surface area contributed by atoms with Crippen molar-refractivity contribution in [3.8, 4) is 28.0 Å². The van der Waals surface area contributed by atoms with Gasteiger partial charge in [0.15, 0.2) is 11.5 Å². The van der Waals surface area contributed by atoms with Gasteiger partial charge in [-0.2, -0.15) is 0 Å². The summed E-state index contributed by atoms with van der Waals surface area (Å²) in [5.74, 6) is -0.965. The zero-order valence-corrected chi connectivity index (χ0v) is 29.8. The molecule has 3 N–H and O–H groups in total. The van der Waals surface area contributed by atoms with E-state index in [9.17, 15) is 24.3 Å². The Kier molecular flexibility index (Phi) is 9.42. The Morgan fingerprint density at radius 2 is 1.76 bits per heavy atom. The second kappa shape index (κ2) is 13.8. The van der Waals surface area contributed by atoms with Crippen LogP contribution >= 0.6 is 11.3 Å². The number of thiophene rings is 1. The number of carbonyl (C=O) groups is 4. The summed E-state index contributed by atoms with van der Waals surface area (Å²) in [5, 5.41) is 17.7. The van der Waals surface area contributed by atoms with Crippen LogP contribution in [0.1, 0.15) is 78.6 Å². The Hall–Kier alpha value is -4.66. The topological polar surface area (TPSA) is 179 Å². The minimum atomic E-state index is -1.37. The van der Waals surface area contributed by atoms with E-state index in [4.69, 9.17) is 28.9 Å². The summed E-state index contributed by atoms with van der Waals surface area (Å²) in [6.07, 6.45) is 4.21. The number of hydrogen-bond acceptors (Lipinski definition) is 11. The van der Waals surface area contributed by atoms with Gasteiger partial charge in [-0.25, -0.2) is 19.6 Å². The first-order valence-corrected chi connectivity index (χ1v) is 18.5. The number of aromatic nitrogens is 2. The first kappa shape index (κ1) is 34.8. The molecule has 0 radical (unpaired) electrons. The van der Waals surface area contributed by atoms with Gasteiger partial charge in [0.05, 0.1) is 22.5 Å². The molecule has 272 valence electrons. The summed E-state index contributed by atoms with van der Waals surface area (Å²) in [6, 6.07) is 5.28. The minimum Gasteiger partial charge on any atom is -0.479 e. The fourth-order valence-electron chi connectivity index (χ4n) is 7.25. The maximum Gasteiger partial charge on any atom is 0.408 e. The van der Waals surface area contributed by atoms with E-state index in [1.807, 2.05) is 17.5 Å². The molecule has 3 amide bonds. The molecule has 15 heteroatoms. The molecule has 14 nitrogen and oxygen atoms in total. The molecule has 3 fully saturated rings. The molecule has 2 unspecified atom stereocenters. The zero-order valence-electron chi connectivity index (χ0n) is 28.9. The lowest BCUT2D eigenvalue weighted by molar-refractivity contribution is -0.146. The number of aliphatic carboxylic acids is 1. The lowest BCUT2D eigenvalue weighted by Crippen LogP contribution is -2.56. The molecule has 1 aliphatic carbocycles. The standard InChI is InChI=1S/C36H43N5O9S/c1-35(2,3)50-34(46)39-22-11-8-6-4-5-7-10-20-17-36(20,33(44)45)40-30(42)25-14-21(18-41(25)32(22)43)49-31-29(28-12-9-13-51-28)37-23-15-26-27(48-19-47-26)16-24(23)38-31/h9,12-13,15-16,20-22,25H,4-8,10-11,14,17-19H2,1-3H3,(H,39,46)(H,40,42)(H,44,45)/t20?,21-,22+,25+,36?/m1/s1. The van der Waals surface area contributed by atoms with Crippen molar-refractivity contribution in [2.75, 3.05) is 13.3 Å². The van der Waals surface area contributed by atoms with Gasteiger partial charge in [0.1, 0.15) is 35.0 Å². The van der Waals surface area contributed by atoms with Crippen molar-refractivity contribution in [3.63, 3.8) is 0 Å². The van der Waals surface area contributed by atoms with E-state index in [1.54, 1.807) is 32.9 Å². The molecule has 4 aliphatic rings. The number of amides is 3. The van der Waals surface area contributed by atoms with Crippen LogP contribution in [0.5, 0.6) is 17.4 Å². The first-order chi connectivity index (χ1) is 24.4. The van der Waals surface area contributed by atoms with Gasteiger partial charge in [-0.3, -0.25) is 9.59 Å². The SMILES string of the molecule is CC(C)(C)OC(=O)N[C@H]1CCCCCCCC2CC2(C(=O)O)NC(=O)[C@@H]2C[C@@H](Oc3nc4cc5c(cc4nc3-c3cccs3)OCO5)CN2C1=O. The summed E-state index contributed by atoms with van der Waals surface area (Å²) in [6.45, 7) is 5.32. The van der Waals surface area contributed by atoms with Crippen LogP contribution in [-0.4, -0.2) is 86.5 Å². The third-order valence-corrected chi connectivity index (χ3v) is 10.8. The van der Waals surface area contributed by atoms with E-state index in [1.165, 1.54) is 16.2 Å². The quantitative estimate of drug-likeness (QED) is 0.322. The molecule has 7 rings (SSSR count). The van der Waals surface area contributed by atoms with Gasteiger partial charge < -0.3 is 39.6 Å². The lowest BCUT2D eigenvalue weighted by Gasteiger charge is -2.30. The van der Waals surface area contributed by atoms with Crippen molar-refractivity contribution >= 4 is 46.2 Å². The molecule has 5 heterocycles. The number of fused-ring (bicyclic) bond motifs is 4. The molecule has 5 atom stereocenters. The normalized spacial score (nSPS) is 26.7. The first-order valence-electron chi connectivity index (χ1n) is 17.6. The molecular formula is C36H43N5O9S. The molecule has 0 bridgehead atoms. The van der Waals surface area contributed by atoms with Crippen LogP contribution in [0.4, 0.5) is 4.79 Å². The molecule has 3 aromatic rings. The number of nitrogens with zero attached hydrogens (tertiary/aromatic N) is 3. The van der Waals surface area contributed by atoms with E-state index >= 15 is 0 Å². The van der Waals surface area contributed by atoms with Crippen LogP contribution in [0.2, 0.25) is 0 Å². The molecule has 1 saturated carbocycles. The molecular weight excluding hydrogens is 678 g/mol. The highest BCUT2D eigenvalue weighted by Gasteiger charge is 2.62. The Labute approximate surface area is 299 Å². The van der Waals surface area contributed by atoms with Crippen molar-refractivity contribution < 1.29 is 43.2 Å². The number of nitrogens with one attached hydrogen (secondary N) is 2. The number of alkyl carbamates (subject to hydrolysis) is 1. The van der Waals surface area contributed by atoms with Crippen molar-refractivity contribution in [3.05, 3.63) is 29.6 Å². The number of ether oxygens (including phenoxy) is 4. The maximum atomic E-state index is 14.4. The third kappa shape index (κ3) is 7.39. The second-order valence-corrected chi connectivity index (χ2v) is 15.7. The van der Waals surface area contributed by atoms with Crippen molar-refractivity contribution in [2.45, 2.75) is 108 Å². The number of hydrogen-bond donors (Lipinski definition) is 3. The second-order valence-electron chi connectivity index (χ2n) is 14.7. The lowest BCUT2D eigenvalue weighted by atomic mass is 10.0. The van der Waals surface area contributed by atoms with Gasteiger partial charge in [0.2, 0.25) is 24.5 Å². The third-order valence-electron chi connectivity index (χ3n) is 9.88.